The fraction of sp³-hybridized carbons (Fsp3) is 0.625. The summed E-state index contributed by atoms with van der Waals surface area (Å²) in [5.74, 6) is 0.821. The largest absolute Gasteiger partial charge is 0.496 e. The summed E-state index contributed by atoms with van der Waals surface area (Å²) in [6.07, 6.45) is 0.184. The summed E-state index contributed by atoms with van der Waals surface area (Å²) in [6, 6.07) is 4.17. The van der Waals surface area contributed by atoms with Crippen molar-refractivity contribution >= 4 is 0 Å². The maximum atomic E-state index is 10.4. The Morgan fingerprint density at radius 2 is 1.95 bits per heavy atom. The van der Waals surface area contributed by atoms with E-state index >= 15 is 0 Å². The highest BCUT2D eigenvalue weighted by molar-refractivity contribution is 5.48. The molecule has 1 unspecified atom stereocenters. The predicted molar refractivity (Wildman–Crippen MR) is 79.9 cm³/mol. The molecule has 0 spiro atoms. The monoisotopic (exact) mass is 265 g/mol. The van der Waals surface area contributed by atoms with Crippen molar-refractivity contribution in [3.8, 4) is 5.75 Å². The number of hydrogen-bond acceptors (Lipinski definition) is 3. The minimum Gasteiger partial charge on any atom is -0.496 e. The molecular weight excluding hydrogens is 238 g/mol. The fourth-order valence-electron chi connectivity index (χ4n) is 2.27. The summed E-state index contributed by atoms with van der Waals surface area (Å²) in [6.45, 7) is 9.32. The third-order valence-electron chi connectivity index (χ3n) is 3.30. The van der Waals surface area contributed by atoms with Gasteiger partial charge in [0.15, 0.2) is 0 Å². The van der Waals surface area contributed by atoms with E-state index in [1.54, 1.807) is 7.11 Å². The average Bonchev–Trinajstić information content (AvgIpc) is 2.33. The molecule has 0 heterocycles. The zero-order chi connectivity index (χ0) is 14.6. The molecule has 19 heavy (non-hydrogen) atoms. The minimum atomic E-state index is -0.497. The van der Waals surface area contributed by atoms with Crippen LogP contribution in [0.3, 0.4) is 0 Å². The Labute approximate surface area is 117 Å². The lowest BCUT2D eigenvalue weighted by atomic mass is 9.83. The number of rotatable bonds is 5. The van der Waals surface area contributed by atoms with E-state index in [2.05, 4.69) is 39.1 Å². The highest BCUT2D eigenvalue weighted by atomic mass is 16.5. The van der Waals surface area contributed by atoms with Crippen molar-refractivity contribution in [2.75, 3.05) is 20.7 Å². The van der Waals surface area contributed by atoms with Crippen molar-refractivity contribution < 1.29 is 9.84 Å². The molecule has 1 aromatic rings. The first-order valence-electron chi connectivity index (χ1n) is 6.83. The van der Waals surface area contributed by atoms with Gasteiger partial charge in [-0.2, -0.15) is 0 Å². The summed E-state index contributed by atoms with van der Waals surface area (Å²) in [7, 11) is 3.56. The molecule has 1 atom stereocenters. The predicted octanol–water partition coefficient (Wildman–Crippen LogP) is 2.94. The van der Waals surface area contributed by atoms with Crippen LogP contribution in [0, 0.1) is 6.92 Å². The van der Waals surface area contributed by atoms with Crippen LogP contribution >= 0.6 is 0 Å². The van der Waals surface area contributed by atoms with Crippen molar-refractivity contribution in [3.05, 3.63) is 28.8 Å². The summed E-state index contributed by atoms with van der Waals surface area (Å²) < 4.78 is 5.58. The summed E-state index contributed by atoms with van der Waals surface area (Å²) >= 11 is 0. The minimum absolute atomic E-state index is 0.00512. The van der Waals surface area contributed by atoms with Crippen LogP contribution in [0.1, 0.15) is 50.0 Å². The molecule has 0 aliphatic carbocycles. The molecule has 0 aliphatic rings. The molecule has 0 radical (unpaired) electrons. The maximum absolute atomic E-state index is 10.4. The molecule has 0 fully saturated rings. The second-order valence-electron chi connectivity index (χ2n) is 6.09. The smallest absolute Gasteiger partial charge is 0.128 e. The van der Waals surface area contributed by atoms with Crippen molar-refractivity contribution in [1.82, 2.24) is 5.32 Å². The van der Waals surface area contributed by atoms with Crippen LogP contribution < -0.4 is 10.1 Å². The molecule has 0 aliphatic heterocycles. The Morgan fingerprint density at radius 1 is 1.32 bits per heavy atom. The SMILES string of the molecule is CNCCC(O)c1cc(C)cc(C(C)(C)C)c1OC. The zero-order valence-corrected chi connectivity index (χ0v) is 13.0. The molecule has 3 heteroatoms. The average molecular weight is 265 g/mol. The molecule has 0 saturated carbocycles. The van der Waals surface area contributed by atoms with E-state index < -0.39 is 6.10 Å². The van der Waals surface area contributed by atoms with Gasteiger partial charge in [-0.25, -0.2) is 0 Å². The van der Waals surface area contributed by atoms with E-state index in [1.165, 1.54) is 0 Å². The molecule has 1 aromatic carbocycles. The van der Waals surface area contributed by atoms with Crippen LogP contribution in [0.2, 0.25) is 0 Å². The molecule has 0 aromatic heterocycles. The van der Waals surface area contributed by atoms with Gasteiger partial charge < -0.3 is 15.2 Å². The van der Waals surface area contributed by atoms with Gasteiger partial charge in [-0.3, -0.25) is 0 Å². The van der Waals surface area contributed by atoms with Gasteiger partial charge in [-0.1, -0.05) is 32.4 Å². The Morgan fingerprint density at radius 3 is 2.42 bits per heavy atom. The molecule has 3 nitrogen and oxygen atoms in total. The van der Waals surface area contributed by atoms with Crippen molar-refractivity contribution in [3.63, 3.8) is 0 Å². The van der Waals surface area contributed by atoms with Crippen LogP contribution in [0.25, 0.3) is 0 Å². The normalized spacial score (nSPS) is 13.4. The first kappa shape index (κ1) is 16.0. The van der Waals surface area contributed by atoms with E-state index in [-0.39, 0.29) is 5.41 Å². The molecule has 0 saturated heterocycles. The standard InChI is InChI=1S/C16H27NO2/c1-11-9-12(14(18)7-8-17-5)15(19-6)13(10-11)16(2,3)4/h9-10,14,17-18H,7-8H2,1-6H3. The van der Waals surface area contributed by atoms with Crippen LogP contribution in [0.5, 0.6) is 5.75 Å². The third kappa shape index (κ3) is 3.95. The second kappa shape index (κ2) is 6.40. The molecule has 108 valence electrons. The topological polar surface area (TPSA) is 41.5 Å². The Balaban J connectivity index is 3.27. The van der Waals surface area contributed by atoms with E-state index in [9.17, 15) is 5.11 Å². The quantitative estimate of drug-likeness (QED) is 0.860. The summed E-state index contributed by atoms with van der Waals surface area (Å²) in [5, 5.41) is 13.4. The van der Waals surface area contributed by atoms with Gasteiger partial charge in [0.25, 0.3) is 0 Å². The third-order valence-corrected chi connectivity index (χ3v) is 3.30. The van der Waals surface area contributed by atoms with Crippen LogP contribution in [-0.4, -0.2) is 25.8 Å². The van der Waals surface area contributed by atoms with Gasteiger partial charge >= 0.3 is 0 Å². The number of hydrogen-bond donors (Lipinski definition) is 2. The highest BCUT2D eigenvalue weighted by Crippen LogP contribution is 2.38. The van der Waals surface area contributed by atoms with E-state index in [1.807, 2.05) is 13.1 Å². The lowest BCUT2D eigenvalue weighted by Gasteiger charge is -2.26. The number of aryl methyl sites for hydroxylation is 1. The molecule has 2 N–H and O–H groups in total. The van der Waals surface area contributed by atoms with Gasteiger partial charge in [-0.15, -0.1) is 0 Å². The summed E-state index contributed by atoms with van der Waals surface area (Å²) in [5.41, 5.74) is 3.19. The van der Waals surface area contributed by atoms with E-state index in [4.69, 9.17) is 4.74 Å². The van der Waals surface area contributed by atoms with E-state index in [0.717, 1.165) is 29.0 Å². The summed E-state index contributed by atoms with van der Waals surface area (Å²) in [4.78, 5) is 0. The Bertz CT molecular complexity index is 421. The molecular formula is C16H27NO2. The first-order valence-corrected chi connectivity index (χ1v) is 6.83. The number of aliphatic hydroxyl groups is 1. The molecule has 1 rings (SSSR count). The van der Waals surface area contributed by atoms with Crippen LogP contribution in [0.15, 0.2) is 12.1 Å². The number of aliphatic hydroxyl groups excluding tert-OH is 1. The lowest BCUT2D eigenvalue weighted by molar-refractivity contribution is 0.163. The van der Waals surface area contributed by atoms with Crippen molar-refractivity contribution in [2.45, 2.75) is 45.6 Å². The van der Waals surface area contributed by atoms with Gasteiger partial charge in [-0.05, 0) is 38.4 Å². The first-order chi connectivity index (χ1) is 8.81. The Hall–Kier alpha value is -1.06. The fourth-order valence-corrected chi connectivity index (χ4v) is 2.27. The van der Waals surface area contributed by atoms with Crippen LogP contribution in [-0.2, 0) is 5.41 Å². The maximum Gasteiger partial charge on any atom is 0.128 e. The number of nitrogens with one attached hydrogen (secondary N) is 1. The van der Waals surface area contributed by atoms with E-state index in [0.29, 0.717) is 6.42 Å². The van der Waals surface area contributed by atoms with Gasteiger partial charge in [0.2, 0.25) is 0 Å². The molecule has 0 bridgehead atoms. The van der Waals surface area contributed by atoms with Gasteiger partial charge in [0.05, 0.1) is 13.2 Å². The van der Waals surface area contributed by atoms with Crippen molar-refractivity contribution in [2.24, 2.45) is 0 Å². The zero-order valence-electron chi connectivity index (χ0n) is 13.0. The number of ether oxygens (including phenoxy) is 1. The number of methoxy groups -OCH3 is 1. The van der Waals surface area contributed by atoms with Crippen molar-refractivity contribution in [1.29, 1.82) is 0 Å². The van der Waals surface area contributed by atoms with Gasteiger partial charge in [0.1, 0.15) is 5.75 Å². The number of benzene rings is 1. The second-order valence-corrected chi connectivity index (χ2v) is 6.09. The highest BCUT2D eigenvalue weighted by Gasteiger charge is 2.24. The van der Waals surface area contributed by atoms with Gasteiger partial charge in [0, 0.05) is 11.1 Å². The lowest BCUT2D eigenvalue weighted by Crippen LogP contribution is -2.17. The molecule has 0 amide bonds. The van der Waals surface area contributed by atoms with Crippen LogP contribution in [0.4, 0.5) is 0 Å². The Kier molecular flexibility index (Phi) is 5.39.